The van der Waals surface area contributed by atoms with Crippen LogP contribution in [0.1, 0.15) is 44.9 Å². The van der Waals surface area contributed by atoms with Gasteiger partial charge >= 0.3 is 5.97 Å². The molecule has 2 atom stereocenters. The number of hydrogen-bond acceptors (Lipinski definition) is 5. The maximum absolute atomic E-state index is 12.4. The van der Waals surface area contributed by atoms with Crippen LogP contribution in [-0.4, -0.2) is 27.4 Å². The van der Waals surface area contributed by atoms with E-state index in [2.05, 4.69) is 39.7 Å². The number of nitrogens with two attached hydrogens (primary N) is 1. The number of nitrogen functional groups attached to an aromatic ring is 1. The second kappa shape index (κ2) is 6.19. The number of imidazole rings is 1. The van der Waals surface area contributed by atoms with Crippen molar-refractivity contribution < 1.29 is 9.53 Å². The van der Waals surface area contributed by atoms with Crippen LogP contribution in [0, 0.1) is 11.3 Å². The Hall–Kier alpha value is -1.34. The average Bonchev–Trinajstić information content (AvgIpc) is 3.13. The molecule has 0 aliphatic heterocycles. The van der Waals surface area contributed by atoms with Crippen LogP contribution in [0.3, 0.4) is 0 Å². The Balaban J connectivity index is 2.07. The number of esters is 1. The predicted molar refractivity (Wildman–Crippen MR) is 96.0 cm³/mol. The number of ether oxygens (including phenoxy) is 1. The first-order valence-corrected chi connectivity index (χ1v) is 9.05. The number of nitrogens with zero attached hydrogens (tertiary/aromatic N) is 3. The highest BCUT2D eigenvalue weighted by atomic mass is 79.9. The molecule has 0 bridgehead atoms. The van der Waals surface area contributed by atoms with Crippen molar-refractivity contribution in [3.63, 3.8) is 0 Å². The van der Waals surface area contributed by atoms with E-state index >= 15 is 0 Å². The lowest BCUT2D eigenvalue weighted by molar-refractivity contribution is -0.155. The number of fused-ring (bicyclic) bond motifs is 1. The molecule has 0 saturated heterocycles. The third-order valence-electron chi connectivity index (χ3n) is 5.24. The van der Waals surface area contributed by atoms with Crippen molar-refractivity contribution in [2.45, 2.75) is 39.0 Å². The Labute approximate surface area is 153 Å². The van der Waals surface area contributed by atoms with E-state index in [4.69, 9.17) is 22.1 Å². The molecule has 130 valence electrons. The molecule has 0 radical (unpaired) electrons. The Morgan fingerprint density at radius 2 is 2.29 bits per heavy atom. The minimum Gasteiger partial charge on any atom is -0.469 e. The summed E-state index contributed by atoms with van der Waals surface area (Å²) in [6, 6.07) is 0. The molecule has 2 aromatic heterocycles. The van der Waals surface area contributed by atoms with Gasteiger partial charge in [0.25, 0.3) is 0 Å². The molecule has 0 spiro atoms. The molecular weight excluding hydrogens is 396 g/mol. The van der Waals surface area contributed by atoms with Crippen LogP contribution in [0.5, 0.6) is 0 Å². The average molecular weight is 416 g/mol. The van der Waals surface area contributed by atoms with Crippen LogP contribution in [0.15, 0.2) is 10.8 Å². The normalized spacial score (nSPS) is 24.0. The maximum atomic E-state index is 12.4. The van der Waals surface area contributed by atoms with Gasteiger partial charge < -0.3 is 10.5 Å². The molecule has 0 aromatic carbocycles. The van der Waals surface area contributed by atoms with Crippen molar-refractivity contribution in [3.8, 4) is 0 Å². The number of carbonyl (C=O) groups excluding carboxylic acids is 1. The number of halogens is 2. The first-order chi connectivity index (χ1) is 11.3. The van der Waals surface area contributed by atoms with E-state index in [1.165, 1.54) is 13.3 Å². The molecule has 8 heteroatoms. The molecular formula is C16H20BrClN4O2. The van der Waals surface area contributed by atoms with Gasteiger partial charge in [-0.15, -0.1) is 0 Å². The summed E-state index contributed by atoms with van der Waals surface area (Å²) in [5, 5.41) is 0.451. The summed E-state index contributed by atoms with van der Waals surface area (Å²) in [5.41, 5.74) is 6.16. The van der Waals surface area contributed by atoms with Crippen LogP contribution in [0.4, 0.5) is 5.82 Å². The third-order valence-corrected chi connectivity index (χ3v) is 6.06. The first-order valence-electron chi connectivity index (χ1n) is 7.88. The molecule has 2 N–H and O–H groups in total. The van der Waals surface area contributed by atoms with Crippen LogP contribution in [0.2, 0.25) is 5.15 Å². The molecule has 1 aliphatic carbocycles. The van der Waals surface area contributed by atoms with E-state index in [-0.39, 0.29) is 17.8 Å². The van der Waals surface area contributed by atoms with Crippen LogP contribution in [0.25, 0.3) is 5.52 Å². The monoisotopic (exact) mass is 414 g/mol. The lowest BCUT2D eigenvalue weighted by atomic mass is 9.75. The van der Waals surface area contributed by atoms with Crippen molar-refractivity contribution in [2.75, 3.05) is 12.8 Å². The fraction of sp³-hybridized carbons (Fsp3) is 0.562. The van der Waals surface area contributed by atoms with Crippen molar-refractivity contribution in [2.24, 2.45) is 11.3 Å². The van der Waals surface area contributed by atoms with E-state index in [9.17, 15) is 4.79 Å². The summed E-state index contributed by atoms with van der Waals surface area (Å²) in [7, 11) is 1.45. The number of aromatic nitrogens is 3. The van der Waals surface area contributed by atoms with Gasteiger partial charge in [0, 0.05) is 5.92 Å². The molecule has 0 amide bonds. The highest BCUT2D eigenvalue weighted by Crippen LogP contribution is 2.52. The fourth-order valence-corrected chi connectivity index (χ4v) is 4.59. The maximum Gasteiger partial charge on any atom is 0.312 e. The summed E-state index contributed by atoms with van der Waals surface area (Å²) in [6.45, 7) is 4.13. The number of rotatable bonds is 3. The molecule has 0 unspecified atom stereocenters. The fourth-order valence-electron chi connectivity index (χ4n) is 3.81. The van der Waals surface area contributed by atoms with Crippen LogP contribution < -0.4 is 5.73 Å². The lowest BCUT2D eigenvalue weighted by Gasteiger charge is -2.30. The van der Waals surface area contributed by atoms with Gasteiger partial charge in [-0.05, 0) is 41.1 Å². The van der Waals surface area contributed by atoms with Gasteiger partial charge in [0.2, 0.25) is 0 Å². The Kier molecular flexibility index (Phi) is 4.51. The zero-order chi connectivity index (χ0) is 17.6. The van der Waals surface area contributed by atoms with Gasteiger partial charge in [-0.25, -0.2) is 9.97 Å². The smallest absolute Gasteiger partial charge is 0.312 e. The summed E-state index contributed by atoms with van der Waals surface area (Å²) >= 11 is 9.79. The third kappa shape index (κ3) is 2.49. The molecule has 2 heterocycles. The van der Waals surface area contributed by atoms with Crippen molar-refractivity contribution in [1.29, 1.82) is 0 Å². The Bertz CT molecular complexity index is 807. The van der Waals surface area contributed by atoms with Gasteiger partial charge in [-0.1, -0.05) is 25.4 Å². The summed E-state index contributed by atoms with van der Waals surface area (Å²) in [5.74, 6) is 1.32. The van der Waals surface area contributed by atoms with Crippen LogP contribution in [-0.2, 0) is 9.53 Å². The Morgan fingerprint density at radius 3 is 2.92 bits per heavy atom. The van der Waals surface area contributed by atoms with Crippen LogP contribution >= 0.6 is 27.5 Å². The molecule has 2 aromatic rings. The van der Waals surface area contributed by atoms with E-state index in [0.29, 0.717) is 27.5 Å². The minimum atomic E-state index is -0.483. The second-order valence-electron chi connectivity index (χ2n) is 6.65. The second-order valence-corrected chi connectivity index (χ2v) is 7.79. The highest BCUT2D eigenvalue weighted by molar-refractivity contribution is 9.10. The molecule has 1 fully saturated rings. The van der Waals surface area contributed by atoms with Crippen molar-refractivity contribution in [1.82, 2.24) is 14.4 Å². The number of methoxy groups -OCH3 is 1. The van der Waals surface area contributed by atoms with Gasteiger partial charge in [0.05, 0.1) is 18.7 Å². The minimum absolute atomic E-state index is 0.101. The molecule has 1 aliphatic rings. The lowest BCUT2D eigenvalue weighted by Crippen LogP contribution is -2.35. The quantitative estimate of drug-likeness (QED) is 0.771. The van der Waals surface area contributed by atoms with Gasteiger partial charge in [-0.2, -0.15) is 0 Å². The van der Waals surface area contributed by atoms with Gasteiger partial charge in [0.15, 0.2) is 5.82 Å². The standard InChI is InChI=1S/C16H20BrClN4O2/c1-8(2)16(15(23)24-3)5-4-9(6-16)14-21-12(17)11-13(19)20-7-10(18)22(11)14/h7-9H,4-6H2,1-3H3,(H2,19,20)/t9-,16+/m0/s1. The van der Waals surface area contributed by atoms with Gasteiger partial charge in [0.1, 0.15) is 21.1 Å². The van der Waals surface area contributed by atoms with Gasteiger partial charge in [-0.3, -0.25) is 9.20 Å². The van der Waals surface area contributed by atoms with E-state index in [0.717, 1.165) is 18.7 Å². The summed E-state index contributed by atoms with van der Waals surface area (Å²) in [4.78, 5) is 21.1. The van der Waals surface area contributed by atoms with Crippen molar-refractivity contribution >= 4 is 44.8 Å². The highest BCUT2D eigenvalue weighted by Gasteiger charge is 2.49. The zero-order valence-electron chi connectivity index (χ0n) is 13.8. The number of anilines is 1. The van der Waals surface area contributed by atoms with E-state index in [1.54, 1.807) is 0 Å². The van der Waals surface area contributed by atoms with Crippen molar-refractivity contribution in [3.05, 3.63) is 21.8 Å². The zero-order valence-corrected chi connectivity index (χ0v) is 16.2. The largest absolute Gasteiger partial charge is 0.469 e. The summed E-state index contributed by atoms with van der Waals surface area (Å²) in [6.07, 6.45) is 3.82. The van der Waals surface area contributed by atoms with E-state index in [1.807, 2.05) is 4.40 Å². The first kappa shape index (κ1) is 17.5. The number of carbonyl (C=O) groups is 1. The Morgan fingerprint density at radius 1 is 1.58 bits per heavy atom. The molecule has 3 rings (SSSR count). The molecule has 6 nitrogen and oxygen atoms in total. The summed E-state index contributed by atoms with van der Waals surface area (Å²) < 4.78 is 7.53. The SMILES string of the molecule is COC(=O)[C@]1(C(C)C)CC[C@H](c2nc(Br)c3c(N)ncc(Cl)n23)C1. The molecule has 1 saturated carbocycles. The topological polar surface area (TPSA) is 82.5 Å². The number of hydrogen-bond donors (Lipinski definition) is 1. The predicted octanol–water partition coefficient (Wildman–Crippen LogP) is 3.81. The molecule has 24 heavy (non-hydrogen) atoms. The van der Waals surface area contributed by atoms with E-state index < -0.39 is 5.41 Å².